The van der Waals surface area contributed by atoms with Crippen LogP contribution in [0, 0.1) is 0 Å². The summed E-state index contributed by atoms with van der Waals surface area (Å²) >= 11 is 0. The standard InChI is InChI=1S/C18H15NO/c20-18-12-11-16(19-15-9-5-2-6-10-15)13-17(18)14-7-3-1-4-8-14/h1-13,19-20H. The average Bonchev–Trinajstić information content (AvgIpc) is 2.51. The van der Waals surface area contributed by atoms with Crippen LogP contribution >= 0.6 is 0 Å². The van der Waals surface area contributed by atoms with Crippen LogP contribution in [0.15, 0.2) is 78.9 Å². The van der Waals surface area contributed by atoms with Crippen molar-refractivity contribution >= 4 is 11.4 Å². The molecular weight excluding hydrogens is 246 g/mol. The first-order valence-corrected chi connectivity index (χ1v) is 6.53. The topological polar surface area (TPSA) is 32.3 Å². The molecule has 20 heavy (non-hydrogen) atoms. The Hall–Kier alpha value is -2.74. The molecular formula is C18H15NO. The molecule has 0 aliphatic carbocycles. The molecule has 0 radical (unpaired) electrons. The molecule has 0 unspecified atom stereocenters. The quantitative estimate of drug-likeness (QED) is 0.663. The first-order valence-electron chi connectivity index (χ1n) is 6.53. The summed E-state index contributed by atoms with van der Waals surface area (Å²) in [5, 5.41) is 13.4. The molecule has 2 N–H and O–H groups in total. The maximum Gasteiger partial charge on any atom is 0.123 e. The molecule has 2 heteroatoms. The van der Waals surface area contributed by atoms with Gasteiger partial charge in [-0.3, -0.25) is 0 Å². The normalized spacial score (nSPS) is 10.2. The minimum Gasteiger partial charge on any atom is -0.507 e. The van der Waals surface area contributed by atoms with Gasteiger partial charge < -0.3 is 10.4 Å². The molecule has 0 aliphatic rings. The largest absolute Gasteiger partial charge is 0.507 e. The number of benzene rings is 3. The molecule has 0 spiro atoms. The molecule has 2 nitrogen and oxygen atoms in total. The molecule has 0 saturated heterocycles. The number of para-hydroxylation sites is 1. The van der Waals surface area contributed by atoms with Crippen molar-refractivity contribution < 1.29 is 5.11 Å². The molecule has 0 heterocycles. The van der Waals surface area contributed by atoms with Gasteiger partial charge in [0.25, 0.3) is 0 Å². The summed E-state index contributed by atoms with van der Waals surface area (Å²) in [4.78, 5) is 0. The Balaban J connectivity index is 1.95. The maximum atomic E-state index is 10.0. The highest BCUT2D eigenvalue weighted by molar-refractivity contribution is 5.75. The van der Waals surface area contributed by atoms with Crippen LogP contribution in [0.3, 0.4) is 0 Å². The van der Waals surface area contributed by atoms with Gasteiger partial charge in [0.1, 0.15) is 5.75 Å². The zero-order chi connectivity index (χ0) is 13.8. The Morgan fingerprint density at radius 1 is 0.650 bits per heavy atom. The molecule has 3 rings (SSSR count). The number of nitrogens with one attached hydrogen (secondary N) is 1. The van der Waals surface area contributed by atoms with E-state index in [-0.39, 0.29) is 5.75 Å². The van der Waals surface area contributed by atoms with Gasteiger partial charge in [-0.15, -0.1) is 0 Å². The number of hydrogen-bond donors (Lipinski definition) is 2. The molecule has 0 atom stereocenters. The molecule has 0 aromatic heterocycles. The third kappa shape index (κ3) is 2.64. The molecule has 3 aromatic carbocycles. The predicted octanol–water partition coefficient (Wildman–Crippen LogP) is 4.80. The number of aromatic hydroxyl groups is 1. The summed E-state index contributed by atoms with van der Waals surface area (Å²) in [7, 11) is 0. The van der Waals surface area contributed by atoms with Crippen molar-refractivity contribution in [1.29, 1.82) is 0 Å². The molecule has 3 aromatic rings. The zero-order valence-electron chi connectivity index (χ0n) is 11.0. The molecule has 0 fully saturated rings. The second-order valence-corrected chi connectivity index (χ2v) is 4.59. The Morgan fingerprint density at radius 2 is 1.30 bits per heavy atom. The number of phenolic OH excluding ortho intramolecular Hbond substituents is 1. The lowest BCUT2D eigenvalue weighted by Gasteiger charge is -2.10. The average molecular weight is 261 g/mol. The second kappa shape index (κ2) is 5.49. The third-order valence-corrected chi connectivity index (χ3v) is 3.14. The van der Waals surface area contributed by atoms with Crippen LogP contribution in [0.4, 0.5) is 11.4 Å². The van der Waals surface area contributed by atoms with E-state index in [9.17, 15) is 5.11 Å². The van der Waals surface area contributed by atoms with E-state index >= 15 is 0 Å². The van der Waals surface area contributed by atoms with Gasteiger partial charge in [-0.05, 0) is 35.9 Å². The van der Waals surface area contributed by atoms with Crippen LogP contribution in [-0.4, -0.2) is 5.11 Å². The van der Waals surface area contributed by atoms with Gasteiger partial charge in [0, 0.05) is 16.9 Å². The van der Waals surface area contributed by atoms with Gasteiger partial charge in [0.2, 0.25) is 0 Å². The maximum absolute atomic E-state index is 10.0. The number of rotatable bonds is 3. The summed E-state index contributed by atoms with van der Waals surface area (Å²) in [5.41, 5.74) is 3.80. The van der Waals surface area contributed by atoms with Gasteiger partial charge in [0.05, 0.1) is 0 Å². The smallest absolute Gasteiger partial charge is 0.123 e. The van der Waals surface area contributed by atoms with Crippen molar-refractivity contribution in [2.75, 3.05) is 5.32 Å². The Morgan fingerprint density at radius 3 is 2.00 bits per heavy atom. The van der Waals surface area contributed by atoms with Crippen LogP contribution in [0.1, 0.15) is 0 Å². The van der Waals surface area contributed by atoms with Crippen LogP contribution in [0.25, 0.3) is 11.1 Å². The number of hydrogen-bond acceptors (Lipinski definition) is 2. The summed E-state index contributed by atoms with van der Waals surface area (Å²) in [5.74, 6) is 0.287. The lowest BCUT2D eigenvalue weighted by atomic mass is 10.0. The molecule has 0 amide bonds. The zero-order valence-corrected chi connectivity index (χ0v) is 11.0. The highest BCUT2D eigenvalue weighted by atomic mass is 16.3. The minimum atomic E-state index is 0.287. The summed E-state index contributed by atoms with van der Waals surface area (Å²) in [6, 6.07) is 25.4. The molecule has 0 bridgehead atoms. The van der Waals surface area contributed by atoms with E-state index < -0.39 is 0 Å². The fourth-order valence-electron chi connectivity index (χ4n) is 2.15. The van der Waals surface area contributed by atoms with E-state index in [1.807, 2.05) is 72.8 Å². The summed E-state index contributed by atoms with van der Waals surface area (Å²) in [6.45, 7) is 0. The lowest BCUT2D eigenvalue weighted by Crippen LogP contribution is -1.90. The van der Waals surface area contributed by atoms with Crippen molar-refractivity contribution in [3.05, 3.63) is 78.9 Å². The predicted molar refractivity (Wildman–Crippen MR) is 83.3 cm³/mol. The number of phenols is 1. The monoisotopic (exact) mass is 261 g/mol. The van der Waals surface area contributed by atoms with Crippen molar-refractivity contribution in [2.24, 2.45) is 0 Å². The van der Waals surface area contributed by atoms with Gasteiger partial charge in [-0.1, -0.05) is 48.5 Å². The van der Waals surface area contributed by atoms with Crippen molar-refractivity contribution in [2.45, 2.75) is 0 Å². The van der Waals surface area contributed by atoms with Crippen molar-refractivity contribution in [3.8, 4) is 16.9 Å². The second-order valence-electron chi connectivity index (χ2n) is 4.59. The minimum absolute atomic E-state index is 0.287. The fraction of sp³-hybridized carbons (Fsp3) is 0. The van der Waals surface area contributed by atoms with Gasteiger partial charge in [-0.2, -0.15) is 0 Å². The van der Waals surface area contributed by atoms with E-state index in [1.165, 1.54) is 0 Å². The molecule has 98 valence electrons. The van der Waals surface area contributed by atoms with Crippen LogP contribution in [0.5, 0.6) is 5.75 Å². The van der Waals surface area contributed by atoms with Crippen LogP contribution < -0.4 is 5.32 Å². The van der Waals surface area contributed by atoms with E-state index in [4.69, 9.17) is 0 Å². The van der Waals surface area contributed by atoms with Gasteiger partial charge in [-0.25, -0.2) is 0 Å². The van der Waals surface area contributed by atoms with E-state index in [0.29, 0.717) is 0 Å². The lowest BCUT2D eigenvalue weighted by molar-refractivity contribution is 0.477. The van der Waals surface area contributed by atoms with Crippen LogP contribution in [-0.2, 0) is 0 Å². The van der Waals surface area contributed by atoms with E-state index in [0.717, 1.165) is 22.5 Å². The highest BCUT2D eigenvalue weighted by Gasteiger charge is 2.05. The fourth-order valence-corrected chi connectivity index (χ4v) is 2.15. The summed E-state index contributed by atoms with van der Waals surface area (Å²) < 4.78 is 0. The SMILES string of the molecule is Oc1ccc(Nc2ccccc2)cc1-c1ccccc1. The first kappa shape index (κ1) is 12.3. The van der Waals surface area contributed by atoms with Crippen molar-refractivity contribution in [1.82, 2.24) is 0 Å². The summed E-state index contributed by atoms with van der Waals surface area (Å²) in [6.07, 6.45) is 0. The van der Waals surface area contributed by atoms with E-state index in [2.05, 4.69) is 5.32 Å². The van der Waals surface area contributed by atoms with Crippen LogP contribution in [0.2, 0.25) is 0 Å². The first-order chi connectivity index (χ1) is 9.83. The van der Waals surface area contributed by atoms with E-state index in [1.54, 1.807) is 6.07 Å². The van der Waals surface area contributed by atoms with Gasteiger partial charge in [0.15, 0.2) is 0 Å². The number of anilines is 2. The van der Waals surface area contributed by atoms with Gasteiger partial charge >= 0.3 is 0 Å². The Kier molecular flexibility index (Phi) is 3.38. The van der Waals surface area contributed by atoms with Crippen molar-refractivity contribution in [3.63, 3.8) is 0 Å². The third-order valence-electron chi connectivity index (χ3n) is 3.14. The highest BCUT2D eigenvalue weighted by Crippen LogP contribution is 2.32. The molecule has 0 saturated carbocycles. The Labute approximate surface area is 118 Å². The Bertz CT molecular complexity index is 693. The molecule has 0 aliphatic heterocycles.